The van der Waals surface area contributed by atoms with E-state index >= 15 is 0 Å². The molecule has 33 heavy (non-hydrogen) atoms. The first-order chi connectivity index (χ1) is 15.7. The largest absolute Gasteiger partial charge is 0.379 e. The molecule has 1 atom stereocenters. The lowest BCUT2D eigenvalue weighted by molar-refractivity contribution is 0.0179. The number of morpholine rings is 1. The van der Waals surface area contributed by atoms with Gasteiger partial charge in [-0.25, -0.2) is 4.98 Å². The van der Waals surface area contributed by atoms with Gasteiger partial charge in [0.05, 0.1) is 25.8 Å². The minimum atomic E-state index is 0. The van der Waals surface area contributed by atoms with E-state index in [9.17, 15) is 0 Å². The fourth-order valence-corrected chi connectivity index (χ4v) is 4.49. The van der Waals surface area contributed by atoms with Crippen LogP contribution in [-0.4, -0.2) is 86.3 Å². The Morgan fingerprint density at radius 1 is 1.06 bits per heavy atom. The minimum absolute atomic E-state index is 0. The summed E-state index contributed by atoms with van der Waals surface area (Å²) in [5.74, 6) is 2.07. The van der Waals surface area contributed by atoms with Crippen molar-refractivity contribution < 1.29 is 4.74 Å². The molecule has 2 saturated heterocycles. The summed E-state index contributed by atoms with van der Waals surface area (Å²) in [6.45, 7) is 13.2. The third-order valence-electron chi connectivity index (χ3n) is 6.21. The molecular formula is C25H37IN6O. The quantitative estimate of drug-likeness (QED) is 0.331. The summed E-state index contributed by atoms with van der Waals surface area (Å²) in [5.41, 5.74) is 2.63. The second-order valence-electron chi connectivity index (χ2n) is 8.43. The Labute approximate surface area is 215 Å². The summed E-state index contributed by atoms with van der Waals surface area (Å²) in [6, 6.07) is 15.2. The number of nitrogens with zero attached hydrogens (tertiary/aromatic N) is 5. The maximum atomic E-state index is 5.61. The molecule has 1 aromatic carbocycles. The third-order valence-corrected chi connectivity index (χ3v) is 6.21. The van der Waals surface area contributed by atoms with Crippen molar-refractivity contribution in [1.29, 1.82) is 0 Å². The maximum Gasteiger partial charge on any atom is 0.194 e. The Morgan fingerprint density at radius 2 is 1.85 bits per heavy atom. The first-order valence-electron chi connectivity index (χ1n) is 11.8. The second-order valence-corrected chi connectivity index (χ2v) is 8.43. The molecule has 8 heteroatoms. The van der Waals surface area contributed by atoms with Crippen LogP contribution in [0.2, 0.25) is 0 Å². The van der Waals surface area contributed by atoms with Crippen LogP contribution in [0.1, 0.15) is 24.1 Å². The number of guanidine groups is 1. The molecule has 2 aliphatic heterocycles. The number of aromatic nitrogens is 1. The molecule has 2 fully saturated rings. The fourth-order valence-electron chi connectivity index (χ4n) is 4.49. The molecule has 1 unspecified atom stereocenters. The highest BCUT2D eigenvalue weighted by molar-refractivity contribution is 14.0. The van der Waals surface area contributed by atoms with Gasteiger partial charge in [0.15, 0.2) is 5.96 Å². The van der Waals surface area contributed by atoms with Crippen LogP contribution in [0.5, 0.6) is 0 Å². The van der Waals surface area contributed by atoms with Crippen molar-refractivity contribution in [2.24, 2.45) is 4.99 Å². The predicted molar refractivity (Wildman–Crippen MR) is 146 cm³/mol. The Balaban J connectivity index is 0.00000306. The standard InChI is InChI=1S/C25H36N6O.HI/c1-3-26-25(31-13-11-30(12-14-31)24-9-4-5-10-27-24)28-20-23(29-15-17-32-18-16-29)22-8-6-7-21(2)19-22;/h4-10,19,23H,3,11-18,20H2,1-2H3,(H,26,28);1H. The monoisotopic (exact) mass is 564 g/mol. The first kappa shape index (κ1) is 25.7. The molecule has 1 N–H and O–H groups in total. The lowest BCUT2D eigenvalue weighted by atomic mass is 10.0. The average Bonchev–Trinajstić information content (AvgIpc) is 2.85. The fraction of sp³-hybridized carbons (Fsp3) is 0.520. The number of aryl methyl sites for hydroxylation is 1. The van der Waals surface area contributed by atoms with E-state index in [0.717, 1.165) is 77.3 Å². The van der Waals surface area contributed by atoms with E-state index in [4.69, 9.17) is 9.73 Å². The number of hydrogen-bond acceptors (Lipinski definition) is 5. The Kier molecular flexibility index (Phi) is 10.2. The van der Waals surface area contributed by atoms with E-state index in [1.165, 1.54) is 11.1 Å². The topological polar surface area (TPSA) is 56.2 Å². The van der Waals surface area contributed by atoms with E-state index in [2.05, 4.69) is 75.2 Å². The Morgan fingerprint density at radius 3 is 2.52 bits per heavy atom. The summed E-state index contributed by atoms with van der Waals surface area (Å²) in [7, 11) is 0. The zero-order chi connectivity index (χ0) is 22.2. The molecule has 0 spiro atoms. The van der Waals surface area contributed by atoms with Crippen molar-refractivity contribution in [3.8, 4) is 0 Å². The molecular weight excluding hydrogens is 527 g/mol. The zero-order valence-electron chi connectivity index (χ0n) is 19.8. The van der Waals surface area contributed by atoms with E-state index in [0.29, 0.717) is 0 Å². The van der Waals surface area contributed by atoms with E-state index < -0.39 is 0 Å². The molecule has 7 nitrogen and oxygen atoms in total. The Bertz CT molecular complexity index is 866. The van der Waals surface area contributed by atoms with Crippen LogP contribution in [0, 0.1) is 6.92 Å². The highest BCUT2D eigenvalue weighted by Crippen LogP contribution is 2.23. The number of ether oxygens (including phenoxy) is 1. The minimum Gasteiger partial charge on any atom is -0.379 e. The number of hydrogen-bond donors (Lipinski definition) is 1. The van der Waals surface area contributed by atoms with Crippen LogP contribution < -0.4 is 10.2 Å². The van der Waals surface area contributed by atoms with Crippen molar-refractivity contribution in [1.82, 2.24) is 20.1 Å². The lowest BCUT2D eigenvalue weighted by Crippen LogP contribution is -2.53. The zero-order valence-corrected chi connectivity index (χ0v) is 22.2. The molecule has 1 aromatic heterocycles. The SMILES string of the molecule is CCNC(=NCC(c1cccc(C)c1)N1CCOCC1)N1CCN(c2ccccn2)CC1.I. The molecule has 0 amide bonds. The van der Waals surface area contributed by atoms with Crippen LogP contribution in [-0.2, 0) is 4.74 Å². The van der Waals surface area contributed by atoms with E-state index in [1.807, 2.05) is 12.3 Å². The number of nitrogens with one attached hydrogen (secondary N) is 1. The Hall–Kier alpha value is -1.91. The van der Waals surface area contributed by atoms with Gasteiger partial charge in [-0.05, 0) is 31.5 Å². The molecule has 3 heterocycles. The third kappa shape index (κ3) is 7.04. The number of halogens is 1. The second kappa shape index (κ2) is 13.1. The van der Waals surface area contributed by atoms with Gasteiger partial charge in [-0.1, -0.05) is 35.9 Å². The maximum absolute atomic E-state index is 5.61. The van der Waals surface area contributed by atoms with Gasteiger partial charge in [-0.3, -0.25) is 9.89 Å². The van der Waals surface area contributed by atoms with Crippen molar-refractivity contribution >= 4 is 35.8 Å². The van der Waals surface area contributed by atoms with Gasteiger partial charge in [-0.15, -0.1) is 24.0 Å². The number of piperazine rings is 1. The van der Waals surface area contributed by atoms with Crippen molar-refractivity contribution in [3.05, 3.63) is 59.8 Å². The highest BCUT2D eigenvalue weighted by Gasteiger charge is 2.24. The summed E-state index contributed by atoms with van der Waals surface area (Å²) >= 11 is 0. The average molecular weight is 565 g/mol. The van der Waals surface area contributed by atoms with Gasteiger partial charge in [0.2, 0.25) is 0 Å². The molecule has 2 aliphatic rings. The summed E-state index contributed by atoms with van der Waals surface area (Å²) in [4.78, 5) is 16.9. The molecule has 180 valence electrons. The van der Waals surface area contributed by atoms with Crippen LogP contribution in [0.15, 0.2) is 53.7 Å². The molecule has 2 aromatic rings. The molecule has 4 rings (SSSR count). The molecule has 0 aliphatic carbocycles. The molecule has 0 saturated carbocycles. The molecule has 0 radical (unpaired) electrons. The number of aliphatic imine (C=N–C) groups is 1. The number of benzene rings is 1. The van der Waals surface area contributed by atoms with Gasteiger partial charge in [0.1, 0.15) is 5.82 Å². The van der Waals surface area contributed by atoms with E-state index in [1.54, 1.807) is 0 Å². The van der Waals surface area contributed by atoms with Crippen LogP contribution in [0.3, 0.4) is 0 Å². The van der Waals surface area contributed by atoms with Crippen molar-refractivity contribution in [2.45, 2.75) is 19.9 Å². The van der Waals surface area contributed by atoms with Gasteiger partial charge in [0.25, 0.3) is 0 Å². The molecule has 0 bridgehead atoms. The van der Waals surface area contributed by atoms with Crippen molar-refractivity contribution in [2.75, 3.05) is 70.5 Å². The lowest BCUT2D eigenvalue weighted by Gasteiger charge is -2.38. The van der Waals surface area contributed by atoms with Crippen molar-refractivity contribution in [3.63, 3.8) is 0 Å². The van der Waals surface area contributed by atoms with Gasteiger partial charge < -0.3 is 19.9 Å². The predicted octanol–water partition coefficient (Wildman–Crippen LogP) is 3.17. The highest BCUT2D eigenvalue weighted by atomic mass is 127. The van der Waals surface area contributed by atoms with Gasteiger partial charge >= 0.3 is 0 Å². The van der Waals surface area contributed by atoms with Gasteiger partial charge in [-0.2, -0.15) is 0 Å². The normalized spacial score (nSPS) is 18.5. The van der Waals surface area contributed by atoms with Crippen LogP contribution in [0.25, 0.3) is 0 Å². The van der Waals surface area contributed by atoms with Gasteiger partial charge in [0, 0.05) is 52.0 Å². The van der Waals surface area contributed by atoms with Crippen LogP contribution >= 0.6 is 24.0 Å². The summed E-state index contributed by atoms with van der Waals surface area (Å²) in [5, 5.41) is 3.53. The first-order valence-corrected chi connectivity index (χ1v) is 11.8. The number of pyridine rings is 1. The van der Waals surface area contributed by atoms with E-state index in [-0.39, 0.29) is 30.0 Å². The smallest absolute Gasteiger partial charge is 0.194 e. The summed E-state index contributed by atoms with van der Waals surface area (Å²) < 4.78 is 5.61. The number of rotatable bonds is 6. The summed E-state index contributed by atoms with van der Waals surface area (Å²) in [6.07, 6.45) is 1.87. The number of anilines is 1. The van der Waals surface area contributed by atoms with Crippen LogP contribution in [0.4, 0.5) is 5.82 Å².